The van der Waals surface area contributed by atoms with Crippen molar-refractivity contribution < 1.29 is 19.0 Å². The van der Waals surface area contributed by atoms with Gasteiger partial charge in [-0.1, -0.05) is 24.3 Å². The Labute approximate surface area is 207 Å². The van der Waals surface area contributed by atoms with Gasteiger partial charge >= 0.3 is 0 Å². The molecule has 4 rings (SSSR count). The van der Waals surface area contributed by atoms with Gasteiger partial charge in [0, 0.05) is 25.7 Å². The Morgan fingerprint density at radius 1 is 1.14 bits per heavy atom. The van der Waals surface area contributed by atoms with Crippen molar-refractivity contribution >= 4 is 0 Å². The molecule has 0 saturated heterocycles. The predicted molar refractivity (Wildman–Crippen MR) is 134 cm³/mol. The summed E-state index contributed by atoms with van der Waals surface area (Å²) in [5, 5.41) is 15.5. The second-order valence-corrected chi connectivity index (χ2v) is 10.4. The fourth-order valence-corrected chi connectivity index (χ4v) is 4.00. The highest BCUT2D eigenvalue weighted by atomic mass is 19.1. The van der Waals surface area contributed by atoms with Gasteiger partial charge < -0.3 is 14.6 Å². The standard InChI is InChI=1S/C28H36FN3O3/c1-20-26(18-31(16-21-13-14-21)17-24(33)19-34-28(2,3)4)27(35-25-12-8-9-22(29)15-25)32(30-20)23-10-6-5-7-11-23/h5-12,15,21,24,33H,13-14,16-19H2,1-4H3/t24-/m0/s1. The van der Waals surface area contributed by atoms with Crippen LogP contribution >= 0.6 is 0 Å². The lowest BCUT2D eigenvalue weighted by Gasteiger charge is -2.27. The molecule has 2 aromatic carbocycles. The number of aromatic nitrogens is 2. The Balaban J connectivity index is 1.62. The first-order valence-corrected chi connectivity index (χ1v) is 12.3. The first kappa shape index (κ1) is 25.4. The van der Waals surface area contributed by atoms with Crippen LogP contribution in [0.3, 0.4) is 0 Å². The first-order valence-electron chi connectivity index (χ1n) is 12.3. The topological polar surface area (TPSA) is 59.8 Å². The number of nitrogens with zero attached hydrogens (tertiary/aromatic N) is 3. The van der Waals surface area contributed by atoms with Crippen molar-refractivity contribution in [2.24, 2.45) is 5.92 Å². The Morgan fingerprint density at radius 2 is 1.89 bits per heavy atom. The number of aliphatic hydroxyl groups excluding tert-OH is 1. The molecular formula is C28H36FN3O3. The number of hydrogen-bond acceptors (Lipinski definition) is 5. The van der Waals surface area contributed by atoms with Crippen molar-refractivity contribution in [1.29, 1.82) is 0 Å². The van der Waals surface area contributed by atoms with Crippen LogP contribution in [0, 0.1) is 18.7 Å². The van der Waals surface area contributed by atoms with Gasteiger partial charge in [0.15, 0.2) is 0 Å². The van der Waals surface area contributed by atoms with E-state index in [1.807, 2.05) is 58.0 Å². The third-order valence-corrected chi connectivity index (χ3v) is 5.92. The van der Waals surface area contributed by atoms with E-state index in [0.717, 1.165) is 23.5 Å². The molecule has 1 aromatic heterocycles. The molecule has 1 N–H and O–H groups in total. The van der Waals surface area contributed by atoms with Crippen molar-refractivity contribution in [2.45, 2.75) is 58.8 Å². The number of aryl methyl sites for hydroxylation is 1. The number of rotatable bonds is 11. The van der Waals surface area contributed by atoms with Crippen molar-refractivity contribution in [2.75, 3.05) is 19.7 Å². The van der Waals surface area contributed by atoms with Gasteiger partial charge in [-0.25, -0.2) is 9.07 Å². The normalized spacial score (nSPS) is 14.9. The molecule has 0 bridgehead atoms. The number of benzene rings is 2. The second-order valence-electron chi connectivity index (χ2n) is 10.4. The van der Waals surface area contributed by atoms with Crippen molar-refractivity contribution in [3.8, 4) is 17.3 Å². The molecule has 0 amide bonds. The van der Waals surface area contributed by atoms with Crippen LogP contribution in [0.25, 0.3) is 5.69 Å². The minimum Gasteiger partial charge on any atom is -0.438 e. The first-order chi connectivity index (χ1) is 16.7. The van der Waals surface area contributed by atoms with E-state index in [4.69, 9.17) is 14.6 Å². The molecule has 0 spiro atoms. The largest absolute Gasteiger partial charge is 0.438 e. The number of para-hydroxylation sites is 1. The SMILES string of the molecule is Cc1nn(-c2ccccc2)c(Oc2cccc(F)c2)c1CN(CC1CC1)C[C@H](O)COC(C)(C)C. The third kappa shape index (κ3) is 7.37. The fraction of sp³-hybridized carbons (Fsp3) is 0.464. The molecule has 1 aliphatic rings. The Kier molecular flexibility index (Phi) is 7.89. The Morgan fingerprint density at radius 3 is 2.54 bits per heavy atom. The molecule has 1 aliphatic carbocycles. The van der Waals surface area contributed by atoms with Gasteiger partial charge in [-0.2, -0.15) is 5.10 Å². The van der Waals surface area contributed by atoms with E-state index in [2.05, 4.69) is 4.90 Å². The van der Waals surface area contributed by atoms with Crippen LogP contribution in [0.4, 0.5) is 4.39 Å². The smallest absolute Gasteiger partial charge is 0.227 e. The summed E-state index contributed by atoms with van der Waals surface area (Å²) in [6.07, 6.45) is 1.81. The maximum Gasteiger partial charge on any atom is 0.227 e. The zero-order chi connectivity index (χ0) is 25.0. The van der Waals surface area contributed by atoms with Gasteiger partial charge in [0.1, 0.15) is 11.6 Å². The number of ether oxygens (including phenoxy) is 2. The molecule has 0 aliphatic heterocycles. The van der Waals surface area contributed by atoms with Crippen LogP contribution < -0.4 is 4.74 Å². The predicted octanol–water partition coefficient (Wildman–Crippen LogP) is 5.50. The number of hydrogen-bond donors (Lipinski definition) is 1. The van der Waals surface area contributed by atoms with Crippen molar-refractivity contribution in [3.63, 3.8) is 0 Å². The summed E-state index contributed by atoms with van der Waals surface area (Å²) in [4.78, 5) is 2.26. The number of halogens is 1. The average molecular weight is 482 g/mol. The van der Waals surface area contributed by atoms with Gasteiger partial charge in [-0.15, -0.1) is 0 Å². The highest BCUT2D eigenvalue weighted by Gasteiger charge is 2.28. The van der Waals surface area contributed by atoms with Crippen LogP contribution in [0.2, 0.25) is 0 Å². The van der Waals surface area contributed by atoms with E-state index >= 15 is 0 Å². The number of aliphatic hydroxyl groups is 1. The molecule has 1 atom stereocenters. The summed E-state index contributed by atoms with van der Waals surface area (Å²) in [6.45, 7) is 10.1. The summed E-state index contributed by atoms with van der Waals surface area (Å²) >= 11 is 0. The van der Waals surface area contributed by atoms with E-state index in [1.54, 1.807) is 16.8 Å². The fourth-order valence-electron chi connectivity index (χ4n) is 4.00. The van der Waals surface area contributed by atoms with Crippen molar-refractivity contribution in [1.82, 2.24) is 14.7 Å². The lowest BCUT2D eigenvalue weighted by molar-refractivity contribution is -0.0569. The highest BCUT2D eigenvalue weighted by molar-refractivity contribution is 5.43. The summed E-state index contributed by atoms with van der Waals surface area (Å²) in [7, 11) is 0. The van der Waals surface area contributed by atoms with Crippen LogP contribution in [0.5, 0.6) is 11.6 Å². The molecule has 1 heterocycles. The van der Waals surface area contributed by atoms with Gasteiger partial charge in [0.2, 0.25) is 5.88 Å². The zero-order valence-corrected chi connectivity index (χ0v) is 21.1. The van der Waals surface area contributed by atoms with E-state index in [1.165, 1.54) is 25.0 Å². The maximum absolute atomic E-state index is 13.9. The molecular weight excluding hydrogens is 445 g/mol. The van der Waals surface area contributed by atoms with Gasteiger partial charge in [0.25, 0.3) is 0 Å². The molecule has 1 fully saturated rings. The molecule has 6 nitrogen and oxygen atoms in total. The van der Waals surface area contributed by atoms with Crippen LogP contribution in [-0.2, 0) is 11.3 Å². The van der Waals surface area contributed by atoms with E-state index < -0.39 is 6.10 Å². The minimum absolute atomic E-state index is 0.277. The summed E-state index contributed by atoms with van der Waals surface area (Å²) < 4.78 is 27.7. The lowest BCUT2D eigenvalue weighted by Crippen LogP contribution is -2.37. The van der Waals surface area contributed by atoms with Crippen molar-refractivity contribution in [3.05, 3.63) is 71.7 Å². The maximum atomic E-state index is 13.9. The van der Waals surface area contributed by atoms with Crippen LogP contribution in [0.15, 0.2) is 54.6 Å². The third-order valence-electron chi connectivity index (χ3n) is 5.92. The van der Waals surface area contributed by atoms with Gasteiger partial charge in [-0.05, 0) is 70.7 Å². The summed E-state index contributed by atoms with van der Waals surface area (Å²) in [6, 6.07) is 15.9. The molecule has 35 heavy (non-hydrogen) atoms. The second kappa shape index (κ2) is 10.9. The summed E-state index contributed by atoms with van der Waals surface area (Å²) in [5.41, 5.74) is 2.31. The molecule has 0 radical (unpaired) electrons. The zero-order valence-electron chi connectivity index (χ0n) is 21.1. The minimum atomic E-state index is -0.606. The molecule has 0 unspecified atom stereocenters. The average Bonchev–Trinajstić information content (AvgIpc) is 3.57. The Bertz CT molecular complexity index is 1110. The van der Waals surface area contributed by atoms with Crippen LogP contribution in [0.1, 0.15) is 44.9 Å². The van der Waals surface area contributed by atoms with E-state index in [-0.39, 0.29) is 18.0 Å². The lowest BCUT2D eigenvalue weighted by atomic mass is 10.2. The van der Waals surface area contributed by atoms with E-state index in [9.17, 15) is 9.50 Å². The quantitative estimate of drug-likeness (QED) is 0.392. The van der Waals surface area contributed by atoms with E-state index in [0.29, 0.717) is 30.6 Å². The molecule has 7 heteroatoms. The van der Waals surface area contributed by atoms with Crippen LogP contribution in [-0.4, -0.2) is 51.2 Å². The molecule has 1 saturated carbocycles. The van der Waals surface area contributed by atoms with Gasteiger partial charge in [-0.3, -0.25) is 4.90 Å². The molecule has 3 aromatic rings. The monoisotopic (exact) mass is 481 g/mol. The molecule has 188 valence electrons. The highest BCUT2D eigenvalue weighted by Crippen LogP contribution is 2.34. The van der Waals surface area contributed by atoms with Gasteiger partial charge in [0.05, 0.1) is 35.3 Å². The Hall–Kier alpha value is -2.74. The summed E-state index contributed by atoms with van der Waals surface area (Å²) in [5.74, 6) is 1.25.